The lowest BCUT2D eigenvalue weighted by Crippen LogP contribution is -2.45. The number of esters is 1. The second-order valence-corrected chi connectivity index (χ2v) is 12.6. The minimum atomic E-state index is -1.17. The molecule has 10 atom stereocenters. The third-order valence-corrected chi connectivity index (χ3v) is 8.40. The first-order valence-corrected chi connectivity index (χ1v) is 15.3. The lowest BCUT2D eigenvalue weighted by atomic mass is 9.84. The number of aliphatic hydroxyl groups excluding tert-OH is 3. The van der Waals surface area contributed by atoms with E-state index in [-0.39, 0.29) is 35.2 Å². The van der Waals surface area contributed by atoms with E-state index in [0.717, 1.165) is 11.1 Å². The minimum absolute atomic E-state index is 0.00159. The highest BCUT2D eigenvalue weighted by Gasteiger charge is 2.38. The second kappa shape index (κ2) is 18.3. The highest BCUT2D eigenvalue weighted by atomic mass is 16.6. The molecule has 1 aliphatic heterocycles. The molecule has 244 valence electrons. The molecule has 1 aliphatic rings. The maximum atomic E-state index is 13.4. The van der Waals surface area contributed by atoms with Crippen LogP contribution < -0.4 is 0 Å². The van der Waals surface area contributed by atoms with Gasteiger partial charge in [0.25, 0.3) is 0 Å². The summed E-state index contributed by atoms with van der Waals surface area (Å²) in [5.74, 6) is -2.96. The van der Waals surface area contributed by atoms with Crippen molar-refractivity contribution in [3.05, 3.63) is 59.4 Å². The molecule has 43 heavy (non-hydrogen) atoms. The standard InChI is InChI=1S/C35H56O8/c1-20(2)31(37)23(5)15-16-28(36)26(8)33(39)27(9)34-29(41-10)14-12-13-21(3)17-24(6)32(38)25(7)18-22(4)19-30(42-11)35(40)43-34/h12-16,18-20,23-27,29,31-34,37-39H,17H2,1-11H3/b14-12+,16-15+,21-13+,22-18+,30-19-/t23-,24-,25+,26+,27-,29-,31?,32-,33-,34+/m0/s1. The first-order valence-electron chi connectivity index (χ1n) is 15.3. The summed E-state index contributed by atoms with van der Waals surface area (Å²) in [6.45, 7) is 16.7. The molecule has 3 N–H and O–H groups in total. The van der Waals surface area contributed by atoms with Crippen molar-refractivity contribution in [3.63, 3.8) is 0 Å². The van der Waals surface area contributed by atoms with Gasteiger partial charge in [-0.3, -0.25) is 4.79 Å². The zero-order valence-corrected chi connectivity index (χ0v) is 28.0. The van der Waals surface area contributed by atoms with Gasteiger partial charge < -0.3 is 29.5 Å². The number of hydrogen-bond donors (Lipinski definition) is 3. The van der Waals surface area contributed by atoms with E-state index < -0.39 is 48.3 Å². The van der Waals surface area contributed by atoms with Crippen molar-refractivity contribution in [1.29, 1.82) is 0 Å². The summed E-state index contributed by atoms with van der Waals surface area (Å²) in [6, 6.07) is 0. The van der Waals surface area contributed by atoms with Crippen molar-refractivity contribution >= 4 is 11.8 Å². The molecule has 0 radical (unpaired) electrons. The highest BCUT2D eigenvalue weighted by Crippen LogP contribution is 2.27. The predicted octanol–water partition coefficient (Wildman–Crippen LogP) is 5.34. The van der Waals surface area contributed by atoms with Gasteiger partial charge in [-0.2, -0.15) is 0 Å². The number of ether oxygens (including phenoxy) is 3. The Morgan fingerprint density at radius 3 is 2.26 bits per heavy atom. The molecule has 0 aromatic rings. The van der Waals surface area contributed by atoms with E-state index in [1.807, 2.05) is 66.7 Å². The van der Waals surface area contributed by atoms with E-state index in [9.17, 15) is 24.9 Å². The van der Waals surface area contributed by atoms with E-state index >= 15 is 0 Å². The third-order valence-electron chi connectivity index (χ3n) is 8.40. The molecule has 0 aromatic carbocycles. The molecule has 1 unspecified atom stereocenters. The van der Waals surface area contributed by atoms with Gasteiger partial charge in [0.15, 0.2) is 5.78 Å². The molecule has 0 saturated carbocycles. The van der Waals surface area contributed by atoms with E-state index in [0.29, 0.717) is 6.42 Å². The van der Waals surface area contributed by atoms with Crippen LogP contribution in [0.2, 0.25) is 0 Å². The molecule has 8 nitrogen and oxygen atoms in total. The summed E-state index contributed by atoms with van der Waals surface area (Å²) in [4.78, 5) is 26.4. The molecule has 1 rings (SSSR count). The first-order chi connectivity index (χ1) is 20.0. The highest BCUT2D eigenvalue weighted by molar-refractivity contribution is 5.92. The molecular weight excluding hydrogens is 548 g/mol. The maximum Gasteiger partial charge on any atom is 0.373 e. The molecule has 0 amide bonds. The number of ketones is 1. The molecule has 0 fully saturated rings. The van der Waals surface area contributed by atoms with Crippen LogP contribution in [0.5, 0.6) is 0 Å². The smallest absolute Gasteiger partial charge is 0.373 e. The Morgan fingerprint density at radius 2 is 1.70 bits per heavy atom. The minimum Gasteiger partial charge on any atom is -0.490 e. The topological polar surface area (TPSA) is 123 Å². The molecule has 0 saturated heterocycles. The summed E-state index contributed by atoms with van der Waals surface area (Å²) < 4.78 is 17.0. The Bertz CT molecular complexity index is 1050. The Kier molecular flexibility index (Phi) is 16.4. The fourth-order valence-corrected chi connectivity index (χ4v) is 5.43. The van der Waals surface area contributed by atoms with Crippen molar-refractivity contribution < 1.29 is 39.1 Å². The van der Waals surface area contributed by atoms with Crippen molar-refractivity contribution in [2.24, 2.45) is 35.5 Å². The van der Waals surface area contributed by atoms with Crippen LogP contribution in [0.25, 0.3) is 0 Å². The van der Waals surface area contributed by atoms with Gasteiger partial charge in [0.1, 0.15) is 12.2 Å². The summed E-state index contributed by atoms with van der Waals surface area (Å²) in [7, 11) is 2.86. The Morgan fingerprint density at radius 1 is 1.07 bits per heavy atom. The summed E-state index contributed by atoms with van der Waals surface area (Å²) in [6.07, 6.45) is 8.65. The van der Waals surface area contributed by atoms with Gasteiger partial charge in [-0.05, 0) is 44.3 Å². The second-order valence-electron chi connectivity index (χ2n) is 12.6. The Labute approximate surface area is 259 Å². The number of hydrogen-bond acceptors (Lipinski definition) is 8. The monoisotopic (exact) mass is 604 g/mol. The van der Waals surface area contributed by atoms with Gasteiger partial charge in [-0.15, -0.1) is 0 Å². The van der Waals surface area contributed by atoms with Crippen molar-refractivity contribution in [1.82, 2.24) is 0 Å². The van der Waals surface area contributed by atoms with Crippen LogP contribution >= 0.6 is 0 Å². The predicted molar refractivity (Wildman–Crippen MR) is 170 cm³/mol. The van der Waals surface area contributed by atoms with Crippen molar-refractivity contribution in [2.75, 3.05) is 14.2 Å². The van der Waals surface area contributed by atoms with Gasteiger partial charge in [-0.1, -0.05) is 90.0 Å². The SMILES string of the molecule is CO/C1=C\C(C)=C\[C@@H](C)[C@@H](O)[C@@H](C)C/C(C)=C/C=C/[C@H](OC)[C@@H]([C@@H](C)[C@@H](O)[C@H](C)C(=O)/C=C/[C@H](C)C(O)C(C)C)OC1=O. The van der Waals surface area contributed by atoms with E-state index in [1.54, 1.807) is 32.1 Å². The lowest BCUT2D eigenvalue weighted by Gasteiger charge is -2.33. The number of cyclic esters (lactones) is 1. The zero-order valence-electron chi connectivity index (χ0n) is 28.0. The van der Waals surface area contributed by atoms with Crippen LogP contribution in [0.3, 0.4) is 0 Å². The average molecular weight is 605 g/mol. The molecule has 0 aromatic heterocycles. The fourth-order valence-electron chi connectivity index (χ4n) is 5.43. The fraction of sp³-hybridized carbons (Fsp3) is 0.657. The molecule has 1 heterocycles. The number of aliphatic hydroxyl groups is 3. The number of carbonyl (C=O) groups is 2. The van der Waals surface area contributed by atoms with Crippen molar-refractivity contribution in [2.45, 2.75) is 99.3 Å². The first kappa shape index (κ1) is 38.5. The summed E-state index contributed by atoms with van der Waals surface area (Å²) in [5, 5.41) is 32.5. The van der Waals surface area contributed by atoms with Crippen LogP contribution in [-0.2, 0) is 23.8 Å². The van der Waals surface area contributed by atoms with E-state index in [4.69, 9.17) is 14.2 Å². The number of rotatable bonds is 10. The van der Waals surface area contributed by atoms with Crippen LogP contribution in [0.1, 0.15) is 68.7 Å². The number of methoxy groups -OCH3 is 2. The maximum absolute atomic E-state index is 13.4. The van der Waals surface area contributed by atoms with E-state index in [2.05, 4.69) is 0 Å². The normalized spacial score (nSPS) is 32.7. The van der Waals surface area contributed by atoms with Gasteiger partial charge in [-0.25, -0.2) is 4.79 Å². The van der Waals surface area contributed by atoms with Crippen LogP contribution in [0.4, 0.5) is 0 Å². The molecule has 0 bridgehead atoms. The summed E-state index contributed by atoms with van der Waals surface area (Å²) >= 11 is 0. The summed E-state index contributed by atoms with van der Waals surface area (Å²) in [5.41, 5.74) is 1.78. The molecule has 8 heteroatoms. The Hall–Kier alpha value is -2.52. The number of carbonyl (C=O) groups excluding carboxylic acids is 2. The average Bonchev–Trinajstić information content (AvgIpc) is 2.96. The molecule has 0 aliphatic carbocycles. The molecular formula is C35H56O8. The van der Waals surface area contributed by atoms with Crippen molar-refractivity contribution in [3.8, 4) is 0 Å². The van der Waals surface area contributed by atoms with Crippen LogP contribution in [0.15, 0.2) is 59.4 Å². The number of allylic oxidation sites excluding steroid dienone is 6. The van der Waals surface area contributed by atoms with Gasteiger partial charge in [0.2, 0.25) is 5.76 Å². The largest absolute Gasteiger partial charge is 0.490 e. The quantitative estimate of drug-likeness (QED) is 0.226. The van der Waals surface area contributed by atoms with Gasteiger partial charge in [0.05, 0.1) is 25.4 Å². The molecule has 0 spiro atoms. The Balaban J connectivity index is 3.46. The van der Waals surface area contributed by atoms with Crippen LogP contribution in [-0.4, -0.2) is 71.8 Å². The lowest BCUT2D eigenvalue weighted by molar-refractivity contribution is -0.162. The van der Waals surface area contributed by atoms with E-state index in [1.165, 1.54) is 20.3 Å². The van der Waals surface area contributed by atoms with Gasteiger partial charge in [0, 0.05) is 30.8 Å². The van der Waals surface area contributed by atoms with Gasteiger partial charge >= 0.3 is 5.97 Å². The third kappa shape index (κ3) is 11.8. The van der Waals surface area contributed by atoms with Crippen LogP contribution in [0, 0.1) is 35.5 Å². The zero-order chi connectivity index (χ0) is 33.0.